The molecule has 0 spiro atoms. The van der Waals surface area contributed by atoms with Gasteiger partial charge in [-0.15, -0.1) is 0 Å². The lowest BCUT2D eigenvalue weighted by Gasteiger charge is -2.09. The molecule has 0 aliphatic rings. The lowest BCUT2D eigenvalue weighted by molar-refractivity contribution is 0.370. The summed E-state index contributed by atoms with van der Waals surface area (Å²) < 4.78 is 31.8. The smallest absolute Gasteiger partial charge is 0.250 e. The van der Waals surface area contributed by atoms with Gasteiger partial charge in [0.2, 0.25) is 0 Å². The van der Waals surface area contributed by atoms with Crippen LogP contribution in [0.4, 0.5) is 14.5 Å². The van der Waals surface area contributed by atoms with Gasteiger partial charge in [0.05, 0.1) is 7.11 Å². The van der Waals surface area contributed by atoms with Crippen LogP contribution in [0.1, 0.15) is 0 Å². The Hall–Kier alpha value is -2.17. The lowest BCUT2D eigenvalue weighted by atomic mass is 10.0. The molecule has 3 nitrogen and oxygen atoms in total. The van der Waals surface area contributed by atoms with Crippen molar-refractivity contribution >= 4 is 5.69 Å². The van der Waals surface area contributed by atoms with Gasteiger partial charge in [0, 0.05) is 23.0 Å². The first-order chi connectivity index (χ1) is 8.13. The maximum absolute atomic E-state index is 13.9. The molecule has 1 aromatic carbocycles. The molecule has 2 rings (SSSR count). The van der Waals surface area contributed by atoms with E-state index in [0.29, 0.717) is 5.69 Å². The Bertz CT molecular complexity index is 558. The third kappa shape index (κ3) is 2.04. The number of nitrogen functional groups attached to an aromatic ring is 1. The van der Waals surface area contributed by atoms with E-state index in [9.17, 15) is 8.78 Å². The van der Waals surface area contributed by atoms with Gasteiger partial charge < -0.3 is 10.5 Å². The topological polar surface area (TPSA) is 48.1 Å². The van der Waals surface area contributed by atoms with E-state index < -0.39 is 11.6 Å². The van der Waals surface area contributed by atoms with Crippen LogP contribution >= 0.6 is 0 Å². The predicted molar refractivity (Wildman–Crippen MR) is 60.6 cm³/mol. The summed E-state index contributed by atoms with van der Waals surface area (Å²) in [6.45, 7) is 0. The van der Waals surface area contributed by atoms with Gasteiger partial charge in [0.1, 0.15) is 5.82 Å². The van der Waals surface area contributed by atoms with Gasteiger partial charge in [-0.1, -0.05) is 0 Å². The van der Waals surface area contributed by atoms with Crippen molar-refractivity contribution in [2.45, 2.75) is 0 Å². The highest BCUT2D eigenvalue weighted by molar-refractivity contribution is 5.77. The zero-order chi connectivity index (χ0) is 12.4. The first-order valence-corrected chi connectivity index (χ1v) is 4.87. The molecule has 1 heterocycles. The summed E-state index contributed by atoms with van der Waals surface area (Å²) in [6, 6.07) is 5.20. The van der Waals surface area contributed by atoms with Crippen LogP contribution in [0.3, 0.4) is 0 Å². The molecule has 2 aromatic rings. The Balaban J connectivity index is 2.64. The Morgan fingerprint density at radius 2 is 1.94 bits per heavy atom. The van der Waals surface area contributed by atoms with E-state index in [-0.39, 0.29) is 17.0 Å². The van der Waals surface area contributed by atoms with Crippen LogP contribution in [0, 0.1) is 11.6 Å². The Morgan fingerprint density at radius 1 is 1.18 bits per heavy atom. The van der Waals surface area contributed by atoms with E-state index >= 15 is 0 Å². The van der Waals surface area contributed by atoms with Crippen LogP contribution < -0.4 is 10.5 Å². The molecule has 0 radical (unpaired) electrons. The first kappa shape index (κ1) is 11.3. The highest BCUT2D eigenvalue weighted by atomic mass is 19.1. The predicted octanol–water partition coefficient (Wildman–Crippen LogP) is 2.62. The Labute approximate surface area is 96.9 Å². The SMILES string of the molecule is COc1nccc(-c2cc(F)ccc2N)c1F. The van der Waals surface area contributed by atoms with Crippen molar-refractivity contribution in [1.29, 1.82) is 0 Å². The van der Waals surface area contributed by atoms with Crippen molar-refractivity contribution < 1.29 is 13.5 Å². The van der Waals surface area contributed by atoms with Crippen molar-refractivity contribution in [2.75, 3.05) is 12.8 Å². The third-order valence-corrected chi connectivity index (χ3v) is 2.36. The number of ether oxygens (including phenoxy) is 1. The van der Waals surface area contributed by atoms with Crippen LogP contribution in [0.25, 0.3) is 11.1 Å². The zero-order valence-corrected chi connectivity index (χ0v) is 9.08. The zero-order valence-electron chi connectivity index (χ0n) is 9.08. The summed E-state index contributed by atoms with van der Waals surface area (Å²) in [4.78, 5) is 3.70. The highest BCUT2D eigenvalue weighted by Gasteiger charge is 2.14. The first-order valence-electron chi connectivity index (χ1n) is 4.87. The molecule has 0 saturated carbocycles. The largest absolute Gasteiger partial charge is 0.479 e. The molecule has 17 heavy (non-hydrogen) atoms. The fraction of sp³-hybridized carbons (Fsp3) is 0.0833. The van der Waals surface area contributed by atoms with Crippen LogP contribution in [0.2, 0.25) is 0 Å². The van der Waals surface area contributed by atoms with E-state index in [4.69, 9.17) is 10.5 Å². The lowest BCUT2D eigenvalue weighted by Crippen LogP contribution is -1.97. The summed E-state index contributed by atoms with van der Waals surface area (Å²) in [6.07, 6.45) is 1.38. The summed E-state index contributed by atoms with van der Waals surface area (Å²) >= 11 is 0. The van der Waals surface area contributed by atoms with Crippen LogP contribution in [-0.2, 0) is 0 Å². The minimum absolute atomic E-state index is 0.147. The van der Waals surface area contributed by atoms with Crippen LogP contribution in [-0.4, -0.2) is 12.1 Å². The van der Waals surface area contributed by atoms with Crippen molar-refractivity contribution in [3.63, 3.8) is 0 Å². The minimum atomic E-state index is -0.660. The fourth-order valence-corrected chi connectivity index (χ4v) is 1.54. The minimum Gasteiger partial charge on any atom is -0.479 e. The molecule has 0 unspecified atom stereocenters. The van der Waals surface area contributed by atoms with Crippen molar-refractivity contribution in [1.82, 2.24) is 4.98 Å². The molecule has 0 amide bonds. The van der Waals surface area contributed by atoms with E-state index in [1.54, 1.807) is 0 Å². The maximum Gasteiger partial charge on any atom is 0.250 e. The molecular weight excluding hydrogens is 226 g/mol. The number of nitrogens with two attached hydrogens (primary N) is 1. The van der Waals surface area contributed by atoms with E-state index in [0.717, 1.165) is 0 Å². The van der Waals surface area contributed by atoms with Gasteiger partial charge in [-0.3, -0.25) is 0 Å². The second kappa shape index (κ2) is 4.37. The quantitative estimate of drug-likeness (QED) is 0.815. The van der Waals surface area contributed by atoms with Crippen molar-refractivity contribution in [3.8, 4) is 17.0 Å². The number of benzene rings is 1. The van der Waals surface area contributed by atoms with E-state index in [1.165, 1.54) is 37.6 Å². The molecule has 0 fully saturated rings. The summed E-state index contributed by atoms with van der Waals surface area (Å²) in [5, 5.41) is 0. The number of hydrogen-bond acceptors (Lipinski definition) is 3. The second-order valence-electron chi connectivity index (χ2n) is 3.41. The van der Waals surface area contributed by atoms with Gasteiger partial charge in [0.15, 0.2) is 5.82 Å². The molecule has 2 N–H and O–H groups in total. The van der Waals surface area contributed by atoms with Gasteiger partial charge >= 0.3 is 0 Å². The molecule has 0 aliphatic heterocycles. The monoisotopic (exact) mass is 236 g/mol. The van der Waals surface area contributed by atoms with Gasteiger partial charge in [-0.2, -0.15) is 0 Å². The summed E-state index contributed by atoms with van der Waals surface area (Å²) in [7, 11) is 1.31. The number of methoxy groups -OCH3 is 1. The van der Waals surface area contributed by atoms with Crippen LogP contribution in [0.15, 0.2) is 30.5 Å². The van der Waals surface area contributed by atoms with Gasteiger partial charge in [0.25, 0.3) is 5.88 Å². The standard InChI is InChI=1S/C12H10F2N2O/c1-17-12-11(14)8(4-5-16-12)9-6-7(13)2-3-10(9)15/h2-6H,15H2,1H3. The van der Waals surface area contributed by atoms with Crippen LogP contribution in [0.5, 0.6) is 5.88 Å². The van der Waals surface area contributed by atoms with Crippen molar-refractivity contribution in [2.24, 2.45) is 0 Å². The molecule has 5 heteroatoms. The number of nitrogens with zero attached hydrogens (tertiary/aromatic N) is 1. The summed E-state index contributed by atoms with van der Waals surface area (Å²) in [5.41, 5.74) is 6.42. The number of aromatic nitrogens is 1. The molecule has 88 valence electrons. The molecule has 0 saturated heterocycles. The Morgan fingerprint density at radius 3 is 2.65 bits per heavy atom. The van der Waals surface area contributed by atoms with E-state index in [2.05, 4.69) is 4.98 Å². The van der Waals surface area contributed by atoms with E-state index in [1.807, 2.05) is 0 Å². The van der Waals surface area contributed by atoms with Crippen molar-refractivity contribution in [3.05, 3.63) is 42.1 Å². The highest BCUT2D eigenvalue weighted by Crippen LogP contribution is 2.31. The van der Waals surface area contributed by atoms with Gasteiger partial charge in [-0.05, 0) is 24.3 Å². The average Bonchev–Trinajstić information content (AvgIpc) is 2.33. The number of hydrogen-bond donors (Lipinski definition) is 1. The number of halogens is 2. The number of rotatable bonds is 2. The normalized spacial score (nSPS) is 10.3. The maximum atomic E-state index is 13.9. The average molecular weight is 236 g/mol. The molecule has 0 bridgehead atoms. The fourth-order valence-electron chi connectivity index (χ4n) is 1.54. The summed E-state index contributed by atoms with van der Waals surface area (Å²) in [5.74, 6) is -1.29. The molecule has 1 aromatic heterocycles. The molecule has 0 atom stereocenters. The third-order valence-electron chi connectivity index (χ3n) is 2.36. The van der Waals surface area contributed by atoms with Gasteiger partial charge in [-0.25, -0.2) is 13.8 Å². The second-order valence-corrected chi connectivity index (χ2v) is 3.41. The Kier molecular flexibility index (Phi) is 2.91. The molecular formula is C12H10F2N2O. The molecule has 0 aliphatic carbocycles. The number of anilines is 1. The number of pyridine rings is 1.